The lowest BCUT2D eigenvalue weighted by molar-refractivity contribution is -0.128. The smallest absolute Gasteiger partial charge is 0.337 e. The van der Waals surface area contributed by atoms with Gasteiger partial charge in [-0.3, -0.25) is 4.79 Å². The Bertz CT molecular complexity index is 1400. The summed E-state index contributed by atoms with van der Waals surface area (Å²) in [7, 11) is 1.36. The Hall–Kier alpha value is -4.32. The van der Waals surface area contributed by atoms with Gasteiger partial charge in [0.25, 0.3) is 5.91 Å². The lowest BCUT2D eigenvalue weighted by Gasteiger charge is -2.36. The molecule has 2 atom stereocenters. The number of carbonyl (C=O) groups excluding carboxylic acids is 2. The molecule has 176 valence electrons. The maximum absolute atomic E-state index is 13.4. The zero-order valence-electron chi connectivity index (χ0n) is 19.6. The molecule has 1 heterocycles. The fourth-order valence-corrected chi connectivity index (χ4v) is 4.55. The Labute approximate surface area is 204 Å². The number of amides is 1. The van der Waals surface area contributed by atoms with Gasteiger partial charge in [0.1, 0.15) is 5.75 Å². The number of benzene rings is 4. The molecule has 0 aromatic heterocycles. The van der Waals surface area contributed by atoms with Gasteiger partial charge < -0.3 is 19.7 Å². The van der Waals surface area contributed by atoms with Crippen molar-refractivity contribution in [2.75, 3.05) is 18.6 Å². The summed E-state index contributed by atoms with van der Waals surface area (Å²) in [5.74, 6) is 0.000782. The lowest BCUT2D eigenvalue weighted by Crippen LogP contribution is -2.48. The molecule has 4 aromatic rings. The van der Waals surface area contributed by atoms with E-state index < -0.39 is 12.1 Å². The van der Waals surface area contributed by atoms with Crippen LogP contribution in [0.15, 0.2) is 91.0 Å². The summed E-state index contributed by atoms with van der Waals surface area (Å²) >= 11 is 0. The van der Waals surface area contributed by atoms with E-state index in [1.807, 2.05) is 66.4 Å². The summed E-state index contributed by atoms with van der Waals surface area (Å²) in [5.41, 5.74) is 3.11. The number of nitrogens with one attached hydrogen (secondary N) is 1. The molecule has 35 heavy (non-hydrogen) atoms. The van der Waals surface area contributed by atoms with Crippen LogP contribution in [-0.2, 0) is 9.53 Å². The second kappa shape index (κ2) is 9.50. The van der Waals surface area contributed by atoms with Gasteiger partial charge in [0.05, 0.1) is 30.9 Å². The summed E-state index contributed by atoms with van der Waals surface area (Å²) in [5, 5.41) is 5.38. The second-order valence-corrected chi connectivity index (χ2v) is 8.53. The normalized spacial score (nSPS) is 15.6. The molecule has 4 aromatic carbocycles. The molecule has 0 saturated heterocycles. The number of methoxy groups -OCH3 is 1. The number of esters is 1. The van der Waals surface area contributed by atoms with Crippen LogP contribution in [0.25, 0.3) is 10.8 Å². The van der Waals surface area contributed by atoms with E-state index in [9.17, 15) is 9.59 Å². The number of fused-ring (bicyclic) bond motifs is 2. The van der Waals surface area contributed by atoms with Crippen LogP contribution in [0.3, 0.4) is 0 Å². The van der Waals surface area contributed by atoms with E-state index in [-0.39, 0.29) is 11.9 Å². The third kappa shape index (κ3) is 4.43. The Morgan fingerprint density at radius 2 is 1.71 bits per heavy atom. The number of carbonyl (C=O) groups is 2. The monoisotopic (exact) mass is 466 g/mol. The largest absolute Gasteiger partial charge is 0.477 e. The van der Waals surface area contributed by atoms with Crippen LogP contribution in [0.2, 0.25) is 0 Å². The fraction of sp³-hybridized carbons (Fsp3) is 0.172. The summed E-state index contributed by atoms with van der Waals surface area (Å²) < 4.78 is 11.0. The van der Waals surface area contributed by atoms with Crippen molar-refractivity contribution in [1.82, 2.24) is 5.32 Å². The number of ether oxygens (including phenoxy) is 2. The molecule has 6 nitrogen and oxygen atoms in total. The number of rotatable bonds is 5. The molecule has 1 amide bonds. The Morgan fingerprint density at radius 1 is 0.971 bits per heavy atom. The highest BCUT2D eigenvalue weighted by Gasteiger charge is 2.32. The van der Waals surface area contributed by atoms with Crippen molar-refractivity contribution in [3.8, 4) is 5.75 Å². The topological polar surface area (TPSA) is 67.9 Å². The van der Waals surface area contributed by atoms with Gasteiger partial charge in [-0.1, -0.05) is 60.7 Å². The number of hydrogen-bond donors (Lipinski definition) is 1. The molecular formula is C29H26N2O4. The van der Waals surface area contributed by atoms with E-state index in [1.165, 1.54) is 7.11 Å². The molecule has 5 rings (SSSR count). The molecule has 0 fully saturated rings. The molecule has 1 aliphatic heterocycles. The van der Waals surface area contributed by atoms with Crippen molar-refractivity contribution in [2.24, 2.45) is 0 Å². The van der Waals surface area contributed by atoms with E-state index in [4.69, 9.17) is 9.47 Å². The predicted octanol–water partition coefficient (Wildman–Crippen LogP) is 5.40. The zero-order chi connectivity index (χ0) is 24.4. The van der Waals surface area contributed by atoms with Gasteiger partial charge in [-0.25, -0.2) is 4.79 Å². The molecule has 1 aliphatic rings. The molecule has 1 unspecified atom stereocenters. The first kappa shape index (κ1) is 22.5. The molecule has 1 N–H and O–H groups in total. The molecule has 0 bridgehead atoms. The van der Waals surface area contributed by atoms with Crippen molar-refractivity contribution in [1.29, 1.82) is 0 Å². The van der Waals surface area contributed by atoms with Crippen molar-refractivity contribution in [3.05, 3.63) is 102 Å². The van der Waals surface area contributed by atoms with Crippen molar-refractivity contribution < 1.29 is 19.1 Å². The quantitative estimate of drug-likeness (QED) is 0.399. The lowest BCUT2D eigenvalue weighted by atomic mass is 9.99. The van der Waals surface area contributed by atoms with Crippen molar-refractivity contribution in [2.45, 2.75) is 19.1 Å². The van der Waals surface area contributed by atoms with Crippen LogP contribution in [0, 0.1) is 0 Å². The minimum atomic E-state index is -0.732. The van der Waals surface area contributed by atoms with Crippen molar-refractivity contribution in [3.63, 3.8) is 0 Å². The van der Waals surface area contributed by atoms with Crippen molar-refractivity contribution >= 4 is 34.0 Å². The van der Waals surface area contributed by atoms with Crippen LogP contribution < -0.4 is 15.0 Å². The van der Waals surface area contributed by atoms with E-state index in [1.54, 1.807) is 18.2 Å². The minimum absolute atomic E-state index is 0.200. The van der Waals surface area contributed by atoms with Crippen LogP contribution in [0.4, 0.5) is 11.4 Å². The Morgan fingerprint density at radius 3 is 2.57 bits per heavy atom. The minimum Gasteiger partial charge on any atom is -0.477 e. The first-order valence-electron chi connectivity index (χ1n) is 11.5. The van der Waals surface area contributed by atoms with Gasteiger partial charge in [0.2, 0.25) is 0 Å². The predicted molar refractivity (Wildman–Crippen MR) is 136 cm³/mol. The highest BCUT2D eigenvalue weighted by molar-refractivity contribution is 5.92. The first-order chi connectivity index (χ1) is 17.0. The molecule has 6 heteroatoms. The Balaban J connectivity index is 1.42. The summed E-state index contributed by atoms with van der Waals surface area (Å²) in [6.45, 7) is 2.28. The second-order valence-electron chi connectivity index (χ2n) is 8.53. The van der Waals surface area contributed by atoms with E-state index in [0.29, 0.717) is 17.9 Å². The van der Waals surface area contributed by atoms with Gasteiger partial charge in [-0.05, 0) is 53.6 Å². The van der Waals surface area contributed by atoms with E-state index in [0.717, 1.165) is 27.7 Å². The van der Waals surface area contributed by atoms with Gasteiger partial charge in [0, 0.05) is 5.69 Å². The third-order valence-corrected chi connectivity index (χ3v) is 6.29. The molecule has 0 saturated carbocycles. The molecule has 0 spiro atoms. The van der Waals surface area contributed by atoms with Crippen LogP contribution in [0.5, 0.6) is 5.75 Å². The van der Waals surface area contributed by atoms with Gasteiger partial charge in [-0.15, -0.1) is 0 Å². The molecule has 0 radical (unpaired) electrons. The first-order valence-corrected chi connectivity index (χ1v) is 11.5. The SMILES string of the molecule is COC(=O)c1cccc(N2CC(C(=O)N[C@H](C)c3cccc4ccccc34)Oc3ccccc32)c1. The van der Waals surface area contributed by atoms with Crippen LogP contribution >= 0.6 is 0 Å². The highest BCUT2D eigenvalue weighted by atomic mass is 16.5. The van der Waals surface area contributed by atoms with E-state index >= 15 is 0 Å². The van der Waals surface area contributed by atoms with Crippen LogP contribution in [0.1, 0.15) is 28.9 Å². The van der Waals surface area contributed by atoms with Crippen LogP contribution in [-0.4, -0.2) is 31.6 Å². The maximum atomic E-state index is 13.4. The number of para-hydroxylation sites is 2. The average molecular weight is 467 g/mol. The van der Waals surface area contributed by atoms with Gasteiger partial charge in [0.15, 0.2) is 6.10 Å². The highest BCUT2D eigenvalue weighted by Crippen LogP contribution is 2.38. The average Bonchev–Trinajstić information content (AvgIpc) is 2.91. The number of hydrogen-bond acceptors (Lipinski definition) is 5. The van der Waals surface area contributed by atoms with Gasteiger partial charge >= 0.3 is 5.97 Å². The molecule has 0 aliphatic carbocycles. The zero-order valence-corrected chi connectivity index (χ0v) is 19.6. The number of anilines is 2. The summed E-state index contributed by atoms with van der Waals surface area (Å²) in [6, 6.07) is 28.8. The third-order valence-electron chi connectivity index (χ3n) is 6.29. The Kier molecular flexibility index (Phi) is 6.10. The van der Waals surface area contributed by atoms with Gasteiger partial charge in [-0.2, -0.15) is 0 Å². The fourth-order valence-electron chi connectivity index (χ4n) is 4.55. The molecular weight excluding hydrogens is 440 g/mol. The summed E-state index contributed by atoms with van der Waals surface area (Å²) in [4.78, 5) is 27.5. The number of nitrogens with zero attached hydrogens (tertiary/aromatic N) is 1. The summed E-state index contributed by atoms with van der Waals surface area (Å²) in [6.07, 6.45) is -0.732. The van der Waals surface area contributed by atoms with E-state index in [2.05, 4.69) is 23.5 Å². The maximum Gasteiger partial charge on any atom is 0.337 e. The standard InChI is InChI=1S/C29H26N2O4/c1-19(23-14-8-10-20-9-3-4-13-24(20)23)30-28(32)27-18-31(25-15-5-6-16-26(25)35-27)22-12-7-11-21(17-22)29(33)34-2/h3-17,19,27H,18H2,1-2H3,(H,30,32)/t19-,27?/m1/s1.